The Morgan fingerprint density at radius 2 is 1.85 bits per heavy atom. The summed E-state index contributed by atoms with van der Waals surface area (Å²) in [7, 11) is 7.18. The van der Waals surface area contributed by atoms with E-state index in [4.69, 9.17) is 9.72 Å². The second-order valence-corrected chi connectivity index (χ2v) is 10.4. The van der Waals surface area contributed by atoms with Crippen molar-refractivity contribution in [3.05, 3.63) is 65.5 Å². The average Bonchev–Trinajstić information content (AvgIpc) is 3.18. The van der Waals surface area contributed by atoms with Crippen LogP contribution in [0.5, 0.6) is 5.75 Å². The molecule has 2 aromatic carbocycles. The van der Waals surface area contributed by atoms with E-state index < -0.39 is 0 Å². The van der Waals surface area contributed by atoms with Gasteiger partial charge in [0.1, 0.15) is 22.8 Å². The van der Waals surface area contributed by atoms with Crippen LogP contribution in [0.4, 0.5) is 4.39 Å². The molecule has 39 heavy (non-hydrogen) atoms. The molecule has 0 amide bonds. The number of hydrogen-bond acceptors (Lipinski definition) is 5. The SMILES string of the molecule is Cn1cc(-c2cc3nc(-c4cncn4C)n(-c4cc(OCC5CC5)c5c(c4)n(C)c(=O)n5C)c3cc2F)cn1. The second kappa shape index (κ2) is 8.42. The van der Waals surface area contributed by atoms with Crippen LogP contribution in [-0.2, 0) is 28.2 Å². The van der Waals surface area contributed by atoms with Crippen molar-refractivity contribution in [2.45, 2.75) is 12.8 Å². The smallest absolute Gasteiger partial charge is 0.328 e. The molecule has 6 aromatic rings. The van der Waals surface area contributed by atoms with Crippen molar-refractivity contribution in [3.8, 4) is 34.1 Å². The molecule has 1 fully saturated rings. The molecular weight excluding hydrogens is 499 g/mol. The lowest BCUT2D eigenvalue weighted by atomic mass is 10.1. The van der Waals surface area contributed by atoms with Crippen LogP contribution in [-0.4, -0.2) is 44.6 Å². The quantitative estimate of drug-likeness (QED) is 0.328. The molecular formula is C28H27FN8O2. The van der Waals surface area contributed by atoms with Gasteiger partial charge in [-0.05, 0) is 30.9 Å². The summed E-state index contributed by atoms with van der Waals surface area (Å²) in [5.41, 5.74) is 5.07. The number of hydrogen-bond donors (Lipinski definition) is 0. The van der Waals surface area contributed by atoms with Crippen LogP contribution in [0.3, 0.4) is 0 Å². The van der Waals surface area contributed by atoms with Crippen molar-refractivity contribution in [2.24, 2.45) is 34.1 Å². The van der Waals surface area contributed by atoms with E-state index in [-0.39, 0.29) is 11.5 Å². The predicted octanol–water partition coefficient (Wildman–Crippen LogP) is 3.94. The van der Waals surface area contributed by atoms with Gasteiger partial charge in [-0.1, -0.05) is 0 Å². The van der Waals surface area contributed by atoms with Crippen molar-refractivity contribution in [1.29, 1.82) is 0 Å². The summed E-state index contributed by atoms with van der Waals surface area (Å²) in [6.45, 7) is 0.587. The molecule has 0 saturated heterocycles. The van der Waals surface area contributed by atoms with Crippen molar-refractivity contribution < 1.29 is 9.13 Å². The van der Waals surface area contributed by atoms with E-state index in [9.17, 15) is 4.79 Å². The topological polar surface area (TPSA) is 89.6 Å². The Hall–Kier alpha value is -4.67. The van der Waals surface area contributed by atoms with Crippen LogP contribution >= 0.6 is 0 Å². The standard InChI is InChI=1S/C28H27FN8O2/c1-33-15-30-12-24(33)27-32-21-9-19(17-11-31-34(2)13-17)20(29)10-22(21)37(27)18-7-23-26(36(4)28(38)35(23)3)25(8-18)39-14-16-5-6-16/h7-13,15-16H,5-6,14H2,1-4H3. The van der Waals surface area contributed by atoms with Gasteiger partial charge >= 0.3 is 5.69 Å². The summed E-state index contributed by atoms with van der Waals surface area (Å²) < 4.78 is 30.6. The van der Waals surface area contributed by atoms with Crippen molar-refractivity contribution >= 4 is 22.1 Å². The molecule has 0 atom stereocenters. The monoisotopic (exact) mass is 526 g/mol. The molecule has 198 valence electrons. The van der Waals surface area contributed by atoms with Crippen molar-refractivity contribution in [2.75, 3.05) is 6.61 Å². The molecule has 0 spiro atoms. The van der Waals surface area contributed by atoms with Gasteiger partial charge in [-0.15, -0.1) is 0 Å². The number of fused-ring (bicyclic) bond motifs is 2. The van der Waals surface area contributed by atoms with E-state index in [0.717, 1.165) is 29.6 Å². The summed E-state index contributed by atoms with van der Waals surface area (Å²) in [5.74, 6) is 1.36. The fourth-order valence-corrected chi connectivity index (χ4v) is 5.21. The van der Waals surface area contributed by atoms with E-state index >= 15 is 4.39 Å². The summed E-state index contributed by atoms with van der Waals surface area (Å²) in [4.78, 5) is 22.2. The maximum absolute atomic E-state index is 15.6. The Kier molecular flexibility index (Phi) is 5.06. The first-order valence-electron chi connectivity index (χ1n) is 12.8. The molecule has 10 nitrogen and oxygen atoms in total. The third-order valence-corrected chi connectivity index (χ3v) is 7.54. The largest absolute Gasteiger partial charge is 0.491 e. The molecule has 0 bridgehead atoms. The molecule has 1 saturated carbocycles. The first-order valence-corrected chi connectivity index (χ1v) is 12.8. The summed E-state index contributed by atoms with van der Waals surface area (Å²) in [6.07, 6.45) is 9.14. The third kappa shape index (κ3) is 3.68. The molecule has 0 aliphatic heterocycles. The Balaban J connectivity index is 1.52. The van der Waals surface area contributed by atoms with Crippen LogP contribution in [0.15, 0.2) is 54.0 Å². The molecule has 1 aliphatic rings. The van der Waals surface area contributed by atoms with Gasteiger partial charge in [0.15, 0.2) is 5.82 Å². The molecule has 7 rings (SSSR count). The van der Waals surface area contributed by atoms with Gasteiger partial charge in [-0.2, -0.15) is 5.10 Å². The number of halogens is 1. The van der Waals surface area contributed by atoms with E-state index in [1.165, 1.54) is 6.07 Å². The van der Waals surface area contributed by atoms with Crippen LogP contribution in [0, 0.1) is 11.7 Å². The minimum atomic E-state index is -0.383. The Morgan fingerprint density at radius 3 is 2.54 bits per heavy atom. The van der Waals surface area contributed by atoms with Crippen LogP contribution in [0.2, 0.25) is 0 Å². The highest BCUT2D eigenvalue weighted by molar-refractivity contribution is 5.90. The van der Waals surface area contributed by atoms with E-state index in [1.807, 2.05) is 28.3 Å². The maximum Gasteiger partial charge on any atom is 0.328 e. The summed E-state index contributed by atoms with van der Waals surface area (Å²) >= 11 is 0. The average molecular weight is 527 g/mol. The van der Waals surface area contributed by atoms with Gasteiger partial charge in [0.25, 0.3) is 0 Å². The van der Waals surface area contributed by atoms with Crippen molar-refractivity contribution in [3.63, 3.8) is 0 Å². The molecule has 11 heteroatoms. The first-order chi connectivity index (χ1) is 18.8. The molecule has 0 N–H and O–H groups in total. The van der Waals surface area contributed by atoms with Gasteiger partial charge in [0.05, 0.1) is 47.6 Å². The van der Waals surface area contributed by atoms with Gasteiger partial charge in [-0.3, -0.25) is 18.4 Å². The molecule has 0 unspecified atom stereocenters. The lowest BCUT2D eigenvalue weighted by molar-refractivity contribution is 0.302. The number of nitrogens with zero attached hydrogens (tertiary/aromatic N) is 8. The molecule has 1 aliphatic carbocycles. The lowest BCUT2D eigenvalue weighted by Gasteiger charge is -2.14. The highest BCUT2D eigenvalue weighted by Crippen LogP contribution is 2.37. The van der Waals surface area contributed by atoms with Crippen LogP contribution in [0.1, 0.15) is 12.8 Å². The number of aromatic nitrogens is 8. The van der Waals surface area contributed by atoms with E-state index in [2.05, 4.69) is 10.1 Å². The van der Waals surface area contributed by atoms with Crippen LogP contribution in [0.25, 0.3) is 50.4 Å². The van der Waals surface area contributed by atoms with E-state index in [1.54, 1.807) is 65.9 Å². The fourth-order valence-electron chi connectivity index (χ4n) is 5.21. The summed E-state index contributed by atoms with van der Waals surface area (Å²) in [6, 6.07) is 7.09. The molecule has 0 radical (unpaired) electrons. The number of rotatable bonds is 6. The van der Waals surface area contributed by atoms with Crippen LogP contribution < -0.4 is 10.4 Å². The minimum absolute atomic E-state index is 0.145. The number of ether oxygens (including phenoxy) is 1. The zero-order valence-corrected chi connectivity index (χ0v) is 22.1. The third-order valence-electron chi connectivity index (χ3n) is 7.54. The minimum Gasteiger partial charge on any atom is -0.491 e. The van der Waals surface area contributed by atoms with Crippen molar-refractivity contribution in [1.82, 2.24) is 38.0 Å². The van der Waals surface area contributed by atoms with Gasteiger partial charge in [0.2, 0.25) is 0 Å². The Morgan fingerprint density at radius 1 is 1.03 bits per heavy atom. The van der Waals surface area contributed by atoms with Gasteiger partial charge in [-0.25, -0.2) is 19.2 Å². The number of benzene rings is 2. The second-order valence-electron chi connectivity index (χ2n) is 10.4. The maximum atomic E-state index is 15.6. The predicted molar refractivity (Wildman–Crippen MR) is 145 cm³/mol. The number of imidazole rings is 3. The Bertz CT molecular complexity index is 1970. The Labute approximate surface area is 222 Å². The number of aryl methyl sites for hydroxylation is 4. The zero-order valence-electron chi connectivity index (χ0n) is 22.1. The molecule has 4 aromatic heterocycles. The van der Waals surface area contributed by atoms with Gasteiger partial charge < -0.3 is 9.30 Å². The van der Waals surface area contributed by atoms with E-state index in [0.29, 0.717) is 51.9 Å². The normalized spacial score (nSPS) is 13.7. The zero-order chi connectivity index (χ0) is 27.0. The van der Waals surface area contributed by atoms with Gasteiger partial charge in [0, 0.05) is 57.6 Å². The highest BCUT2D eigenvalue weighted by Gasteiger charge is 2.25. The summed E-state index contributed by atoms with van der Waals surface area (Å²) in [5, 5.41) is 4.20. The lowest BCUT2D eigenvalue weighted by Crippen LogP contribution is -2.19. The fraction of sp³-hybridized carbons (Fsp3) is 0.286. The first kappa shape index (κ1) is 23.4. The molecule has 4 heterocycles. The highest BCUT2D eigenvalue weighted by atomic mass is 19.1.